The van der Waals surface area contributed by atoms with E-state index in [4.69, 9.17) is 4.74 Å². The lowest BCUT2D eigenvalue weighted by atomic mass is 10.0. The minimum absolute atomic E-state index is 0.0442. The number of hydrogen-bond donors (Lipinski definition) is 1. The van der Waals surface area contributed by atoms with Crippen molar-refractivity contribution in [1.82, 2.24) is 10.3 Å². The van der Waals surface area contributed by atoms with Crippen molar-refractivity contribution in [3.8, 4) is 0 Å². The van der Waals surface area contributed by atoms with Crippen LogP contribution in [0.4, 0.5) is 5.69 Å². The third-order valence-electron chi connectivity index (χ3n) is 4.85. The second kappa shape index (κ2) is 8.37. The number of carbonyl (C=O) groups excluding carboxylic acids is 2. The van der Waals surface area contributed by atoms with Gasteiger partial charge < -0.3 is 15.0 Å². The summed E-state index contributed by atoms with van der Waals surface area (Å²) in [5, 5.41) is 4.06. The van der Waals surface area contributed by atoms with Gasteiger partial charge in [0.2, 0.25) is 5.91 Å². The maximum absolute atomic E-state index is 12.5. The van der Waals surface area contributed by atoms with E-state index in [-0.39, 0.29) is 23.8 Å². The Morgan fingerprint density at radius 1 is 1.33 bits per heavy atom. The lowest BCUT2D eigenvalue weighted by Crippen LogP contribution is -2.49. The van der Waals surface area contributed by atoms with Crippen LogP contribution in [0.15, 0.2) is 30.5 Å². The van der Waals surface area contributed by atoms with Crippen LogP contribution < -0.4 is 10.2 Å². The van der Waals surface area contributed by atoms with Gasteiger partial charge in [0.1, 0.15) is 5.56 Å². The fourth-order valence-corrected chi connectivity index (χ4v) is 3.49. The molecule has 1 saturated heterocycles. The van der Waals surface area contributed by atoms with Crippen LogP contribution in [-0.4, -0.2) is 42.6 Å². The highest BCUT2D eigenvalue weighted by Crippen LogP contribution is 2.32. The van der Waals surface area contributed by atoms with E-state index in [1.165, 1.54) is 0 Å². The Kier molecular flexibility index (Phi) is 5.94. The summed E-state index contributed by atoms with van der Waals surface area (Å²) in [5.41, 5.74) is 2.17. The Labute approximate surface area is 159 Å². The third-order valence-corrected chi connectivity index (χ3v) is 4.85. The first-order valence-corrected chi connectivity index (χ1v) is 9.61. The Balaban J connectivity index is 1.97. The number of benzene rings is 1. The summed E-state index contributed by atoms with van der Waals surface area (Å²) < 4.78 is 5.26. The molecule has 144 valence electrons. The van der Waals surface area contributed by atoms with E-state index in [0.29, 0.717) is 18.7 Å². The first-order chi connectivity index (χ1) is 13.0. The van der Waals surface area contributed by atoms with E-state index < -0.39 is 0 Å². The van der Waals surface area contributed by atoms with Crippen molar-refractivity contribution < 1.29 is 14.3 Å². The Morgan fingerprint density at radius 3 is 2.85 bits per heavy atom. The fourth-order valence-electron chi connectivity index (χ4n) is 3.49. The number of ether oxygens (including phenoxy) is 1. The number of pyridine rings is 1. The molecule has 1 aliphatic rings. The summed E-state index contributed by atoms with van der Waals surface area (Å²) in [6.07, 6.45) is 3.49. The molecule has 0 radical (unpaired) electrons. The molecule has 0 saturated carbocycles. The normalized spacial score (nSPS) is 17.2. The van der Waals surface area contributed by atoms with Crippen LogP contribution in [0.1, 0.15) is 44.0 Å². The molecule has 2 heterocycles. The first kappa shape index (κ1) is 19.1. The third kappa shape index (κ3) is 4.21. The maximum atomic E-state index is 12.5. The Morgan fingerprint density at radius 2 is 2.11 bits per heavy atom. The SMILES string of the molecule is CCOC(=O)c1cnc2ccccc2c1N1CCCC(NC(=O)C(C)C)C1. The van der Waals surface area contributed by atoms with E-state index in [0.717, 1.165) is 36.0 Å². The van der Waals surface area contributed by atoms with Gasteiger partial charge >= 0.3 is 5.97 Å². The van der Waals surface area contributed by atoms with Crippen LogP contribution in [0, 0.1) is 5.92 Å². The zero-order valence-corrected chi connectivity index (χ0v) is 16.2. The number of rotatable bonds is 5. The number of esters is 1. The molecular weight excluding hydrogens is 342 g/mol. The average molecular weight is 369 g/mol. The number of amides is 1. The van der Waals surface area contributed by atoms with Crippen LogP contribution in [0.2, 0.25) is 0 Å². The minimum Gasteiger partial charge on any atom is -0.462 e. The van der Waals surface area contributed by atoms with Crippen molar-refractivity contribution in [2.24, 2.45) is 5.92 Å². The van der Waals surface area contributed by atoms with Crippen molar-refractivity contribution in [2.75, 3.05) is 24.6 Å². The van der Waals surface area contributed by atoms with Crippen LogP contribution >= 0.6 is 0 Å². The first-order valence-electron chi connectivity index (χ1n) is 9.61. The molecule has 27 heavy (non-hydrogen) atoms. The van der Waals surface area contributed by atoms with Crippen LogP contribution in [0.25, 0.3) is 10.9 Å². The highest BCUT2D eigenvalue weighted by atomic mass is 16.5. The van der Waals surface area contributed by atoms with Crippen molar-refractivity contribution in [3.63, 3.8) is 0 Å². The summed E-state index contributed by atoms with van der Waals surface area (Å²) in [6, 6.07) is 7.87. The average Bonchev–Trinajstić information content (AvgIpc) is 2.67. The van der Waals surface area contributed by atoms with Crippen LogP contribution in [0.5, 0.6) is 0 Å². The zero-order chi connectivity index (χ0) is 19.4. The summed E-state index contributed by atoms with van der Waals surface area (Å²) in [7, 11) is 0. The predicted octanol–water partition coefficient (Wildman–Crippen LogP) is 3.15. The Hall–Kier alpha value is -2.63. The van der Waals surface area contributed by atoms with Gasteiger partial charge in [-0.1, -0.05) is 32.0 Å². The fraction of sp³-hybridized carbons (Fsp3) is 0.476. The van der Waals surface area contributed by atoms with Gasteiger partial charge in [0, 0.05) is 36.6 Å². The lowest BCUT2D eigenvalue weighted by molar-refractivity contribution is -0.124. The minimum atomic E-state index is -0.362. The van der Waals surface area contributed by atoms with Gasteiger partial charge in [0.05, 0.1) is 17.8 Å². The van der Waals surface area contributed by atoms with Gasteiger partial charge in [0.15, 0.2) is 0 Å². The summed E-state index contributed by atoms with van der Waals surface area (Å²) >= 11 is 0. The molecule has 0 spiro atoms. The molecule has 6 nitrogen and oxygen atoms in total. The van der Waals surface area contributed by atoms with Crippen molar-refractivity contribution in [1.29, 1.82) is 0 Å². The highest BCUT2D eigenvalue weighted by molar-refractivity contribution is 6.05. The number of piperidine rings is 1. The molecule has 1 aliphatic heterocycles. The molecule has 1 unspecified atom stereocenters. The van der Waals surface area contributed by atoms with E-state index >= 15 is 0 Å². The van der Waals surface area contributed by atoms with Gasteiger partial charge in [-0.3, -0.25) is 9.78 Å². The molecule has 0 aliphatic carbocycles. The number of anilines is 1. The van der Waals surface area contributed by atoms with Crippen molar-refractivity contribution in [2.45, 2.75) is 39.7 Å². The maximum Gasteiger partial charge on any atom is 0.341 e. The summed E-state index contributed by atoms with van der Waals surface area (Å²) in [4.78, 5) is 31.3. The number of fused-ring (bicyclic) bond motifs is 1. The molecule has 1 fully saturated rings. The van der Waals surface area contributed by atoms with Crippen molar-refractivity contribution >= 4 is 28.5 Å². The molecule has 1 N–H and O–H groups in total. The molecule has 1 amide bonds. The standard InChI is InChI=1S/C21H27N3O3/c1-4-27-21(26)17-12-22-18-10-6-5-9-16(18)19(17)24-11-7-8-15(13-24)23-20(25)14(2)3/h5-6,9-10,12,14-15H,4,7-8,11,13H2,1-3H3,(H,23,25). The van der Waals surface area contributed by atoms with E-state index in [1.54, 1.807) is 13.1 Å². The second-order valence-corrected chi connectivity index (χ2v) is 7.21. The van der Waals surface area contributed by atoms with Gasteiger partial charge in [-0.15, -0.1) is 0 Å². The quantitative estimate of drug-likeness (QED) is 0.820. The summed E-state index contributed by atoms with van der Waals surface area (Å²) in [6.45, 7) is 7.40. The Bertz CT molecular complexity index is 835. The van der Waals surface area contributed by atoms with Crippen molar-refractivity contribution in [3.05, 3.63) is 36.0 Å². The van der Waals surface area contributed by atoms with Gasteiger partial charge in [-0.05, 0) is 25.8 Å². The zero-order valence-electron chi connectivity index (χ0n) is 16.2. The van der Waals surface area contributed by atoms with E-state index in [1.807, 2.05) is 38.1 Å². The van der Waals surface area contributed by atoms with Gasteiger partial charge in [0.25, 0.3) is 0 Å². The van der Waals surface area contributed by atoms with Crippen LogP contribution in [-0.2, 0) is 9.53 Å². The molecule has 2 aromatic rings. The molecule has 6 heteroatoms. The smallest absolute Gasteiger partial charge is 0.341 e. The van der Waals surface area contributed by atoms with E-state index in [9.17, 15) is 9.59 Å². The number of nitrogens with one attached hydrogen (secondary N) is 1. The molecule has 1 atom stereocenters. The summed E-state index contributed by atoms with van der Waals surface area (Å²) in [5.74, 6) is -0.344. The molecule has 0 bridgehead atoms. The topological polar surface area (TPSA) is 71.5 Å². The highest BCUT2D eigenvalue weighted by Gasteiger charge is 2.27. The largest absolute Gasteiger partial charge is 0.462 e. The molecule has 3 rings (SSSR count). The van der Waals surface area contributed by atoms with E-state index in [2.05, 4.69) is 15.2 Å². The second-order valence-electron chi connectivity index (χ2n) is 7.21. The predicted molar refractivity (Wildman–Crippen MR) is 106 cm³/mol. The molecular formula is C21H27N3O3. The monoisotopic (exact) mass is 369 g/mol. The number of hydrogen-bond acceptors (Lipinski definition) is 5. The lowest BCUT2D eigenvalue weighted by Gasteiger charge is -2.36. The van der Waals surface area contributed by atoms with Crippen LogP contribution in [0.3, 0.4) is 0 Å². The number of carbonyl (C=O) groups is 2. The van der Waals surface area contributed by atoms with Gasteiger partial charge in [-0.25, -0.2) is 4.79 Å². The molecule has 1 aromatic heterocycles. The number of aromatic nitrogens is 1. The number of para-hydroxylation sites is 1. The van der Waals surface area contributed by atoms with Gasteiger partial charge in [-0.2, -0.15) is 0 Å². The molecule has 1 aromatic carbocycles. The number of nitrogens with zero attached hydrogens (tertiary/aromatic N) is 2.